The lowest BCUT2D eigenvalue weighted by Gasteiger charge is -2.19. The Labute approximate surface area is 120 Å². The zero-order valence-electron chi connectivity index (χ0n) is 12.2. The second-order valence-electron chi connectivity index (χ2n) is 5.08. The minimum atomic E-state index is -0.0502. The van der Waals surface area contributed by atoms with E-state index in [2.05, 4.69) is 19.1 Å². The lowest BCUT2D eigenvalue weighted by atomic mass is 9.84. The summed E-state index contributed by atoms with van der Waals surface area (Å²) in [6.07, 6.45) is 0. The molecule has 0 N–H and O–H groups in total. The van der Waals surface area contributed by atoms with Gasteiger partial charge in [0.2, 0.25) is 0 Å². The Kier molecular flexibility index (Phi) is 4.57. The second kappa shape index (κ2) is 6.38. The van der Waals surface area contributed by atoms with Gasteiger partial charge >= 0.3 is 0 Å². The van der Waals surface area contributed by atoms with Crippen LogP contribution < -0.4 is 4.74 Å². The number of carbonyl (C=O) groups excluding carboxylic acids is 1. The summed E-state index contributed by atoms with van der Waals surface area (Å²) in [5.74, 6) is 1.09. The van der Waals surface area contributed by atoms with Gasteiger partial charge in [0.25, 0.3) is 0 Å². The van der Waals surface area contributed by atoms with Crippen molar-refractivity contribution in [2.75, 3.05) is 7.11 Å². The minimum absolute atomic E-state index is 0.0502. The normalized spacial score (nSPS) is 13.6. The molecule has 0 saturated heterocycles. The zero-order chi connectivity index (χ0) is 14.5. The molecular formula is C18H20O2. The standard InChI is InChI=1S/C18H20O2/c1-13(15-7-5-4-6-8-15)14(2)18(19)16-9-11-17(20-3)12-10-16/h4-14H,1-3H3/t13-,14-/m1/s1. The van der Waals surface area contributed by atoms with Gasteiger partial charge in [-0.3, -0.25) is 4.79 Å². The molecule has 0 bridgehead atoms. The summed E-state index contributed by atoms with van der Waals surface area (Å²) in [5.41, 5.74) is 1.93. The molecule has 0 amide bonds. The average molecular weight is 268 g/mol. The third-order valence-corrected chi connectivity index (χ3v) is 3.86. The third-order valence-electron chi connectivity index (χ3n) is 3.86. The number of ketones is 1. The van der Waals surface area contributed by atoms with Gasteiger partial charge in [0, 0.05) is 11.5 Å². The van der Waals surface area contributed by atoms with Crippen LogP contribution in [0.1, 0.15) is 35.7 Å². The van der Waals surface area contributed by atoms with Gasteiger partial charge in [-0.25, -0.2) is 0 Å². The highest BCUT2D eigenvalue weighted by Crippen LogP contribution is 2.27. The summed E-state index contributed by atoms with van der Waals surface area (Å²) < 4.78 is 5.11. The smallest absolute Gasteiger partial charge is 0.166 e. The van der Waals surface area contributed by atoms with Crippen molar-refractivity contribution in [3.8, 4) is 5.75 Å². The van der Waals surface area contributed by atoms with E-state index in [1.165, 1.54) is 5.56 Å². The molecule has 0 aliphatic carbocycles. The maximum Gasteiger partial charge on any atom is 0.166 e. The fraction of sp³-hybridized carbons (Fsp3) is 0.278. The summed E-state index contributed by atoms with van der Waals surface area (Å²) in [5, 5.41) is 0. The van der Waals surface area contributed by atoms with Gasteiger partial charge in [-0.1, -0.05) is 44.2 Å². The maximum absolute atomic E-state index is 12.5. The van der Waals surface area contributed by atoms with Gasteiger partial charge in [-0.2, -0.15) is 0 Å². The fourth-order valence-electron chi connectivity index (χ4n) is 2.29. The second-order valence-corrected chi connectivity index (χ2v) is 5.08. The third kappa shape index (κ3) is 3.08. The zero-order valence-corrected chi connectivity index (χ0v) is 12.2. The Bertz CT molecular complexity index is 558. The van der Waals surface area contributed by atoms with E-state index in [-0.39, 0.29) is 17.6 Å². The molecule has 2 aromatic carbocycles. The van der Waals surface area contributed by atoms with E-state index < -0.39 is 0 Å². The number of Topliss-reactive ketones (excluding diaryl/α,β-unsaturated/α-hetero) is 1. The number of rotatable bonds is 5. The van der Waals surface area contributed by atoms with E-state index in [0.717, 1.165) is 11.3 Å². The van der Waals surface area contributed by atoms with E-state index in [4.69, 9.17) is 4.74 Å². The molecule has 2 nitrogen and oxygen atoms in total. The van der Waals surface area contributed by atoms with Crippen LogP contribution in [0.2, 0.25) is 0 Å². The summed E-state index contributed by atoms with van der Waals surface area (Å²) in [7, 11) is 1.62. The number of hydrogen-bond acceptors (Lipinski definition) is 2. The molecule has 0 aliphatic rings. The van der Waals surface area contributed by atoms with Crippen molar-refractivity contribution in [1.82, 2.24) is 0 Å². The van der Waals surface area contributed by atoms with E-state index in [9.17, 15) is 4.79 Å². The van der Waals surface area contributed by atoms with Crippen molar-refractivity contribution in [1.29, 1.82) is 0 Å². The van der Waals surface area contributed by atoms with Crippen LogP contribution in [0.3, 0.4) is 0 Å². The molecule has 0 spiro atoms. The Morgan fingerprint density at radius 2 is 1.55 bits per heavy atom. The molecule has 0 unspecified atom stereocenters. The van der Waals surface area contributed by atoms with Gasteiger partial charge in [-0.15, -0.1) is 0 Å². The maximum atomic E-state index is 12.5. The SMILES string of the molecule is COc1ccc(C(=O)[C@H](C)[C@@H](C)c2ccccc2)cc1. The molecule has 0 aromatic heterocycles. The first-order valence-corrected chi connectivity index (χ1v) is 6.86. The predicted octanol–water partition coefficient (Wildman–Crippen LogP) is 4.32. The van der Waals surface area contributed by atoms with Crippen molar-refractivity contribution in [3.63, 3.8) is 0 Å². The van der Waals surface area contributed by atoms with Gasteiger partial charge in [0.1, 0.15) is 5.75 Å². The van der Waals surface area contributed by atoms with Gasteiger partial charge in [0.15, 0.2) is 5.78 Å². The molecule has 104 valence electrons. The molecular weight excluding hydrogens is 248 g/mol. The molecule has 0 fully saturated rings. The van der Waals surface area contributed by atoms with Crippen molar-refractivity contribution in [2.24, 2.45) is 5.92 Å². The van der Waals surface area contributed by atoms with E-state index in [0.29, 0.717) is 0 Å². The molecule has 2 aromatic rings. The largest absolute Gasteiger partial charge is 0.497 e. The number of benzene rings is 2. The number of carbonyl (C=O) groups is 1. The highest BCUT2D eigenvalue weighted by Gasteiger charge is 2.22. The van der Waals surface area contributed by atoms with Crippen molar-refractivity contribution >= 4 is 5.78 Å². The quantitative estimate of drug-likeness (QED) is 0.755. The van der Waals surface area contributed by atoms with Crippen molar-refractivity contribution in [2.45, 2.75) is 19.8 Å². The highest BCUT2D eigenvalue weighted by atomic mass is 16.5. The van der Waals surface area contributed by atoms with Crippen LogP contribution in [0.25, 0.3) is 0 Å². The summed E-state index contributed by atoms with van der Waals surface area (Å²) in [6.45, 7) is 4.09. The minimum Gasteiger partial charge on any atom is -0.497 e. The van der Waals surface area contributed by atoms with Crippen LogP contribution >= 0.6 is 0 Å². The molecule has 0 aliphatic heterocycles. The van der Waals surface area contributed by atoms with Crippen LogP contribution in [0.5, 0.6) is 5.75 Å². The van der Waals surface area contributed by atoms with Gasteiger partial charge in [0.05, 0.1) is 7.11 Å². The van der Waals surface area contributed by atoms with Crippen LogP contribution in [-0.2, 0) is 0 Å². The Morgan fingerprint density at radius 3 is 2.10 bits per heavy atom. The Morgan fingerprint density at radius 1 is 0.950 bits per heavy atom. The molecule has 20 heavy (non-hydrogen) atoms. The van der Waals surface area contributed by atoms with Crippen LogP contribution in [-0.4, -0.2) is 12.9 Å². The number of methoxy groups -OCH3 is 1. The predicted molar refractivity (Wildman–Crippen MR) is 81.3 cm³/mol. The first kappa shape index (κ1) is 14.3. The highest BCUT2D eigenvalue weighted by molar-refractivity contribution is 5.98. The Balaban J connectivity index is 2.15. The number of ether oxygens (including phenoxy) is 1. The van der Waals surface area contributed by atoms with E-state index >= 15 is 0 Å². The van der Waals surface area contributed by atoms with Crippen molar-refractivity contribution < 1.29 is 9.53 Å². The monoisotopic (exact) mass is 268 g/mol. The van der Waals surface area contributed by atoms with Crippen LogP contribution in [0.15, 0.2) is 54.6 Å². The first-order valence-electron chi connectivity index (χ1n) is 6.86. The molecule has 0 radical (unpaired) electrons. The molecule has 0 saturated carbocycles. The first-order chi connectivity index (χ1) is 9.63. The van der Waals surface area contributed by atoms with E-state index in [1.807, 2.05) is 49.4 Å². The molecule has 0 heterocycles. The summed E-state index contributed by atoms with van der Waals surface area (Å²) in [6, 6.07) is 17.5. The van der Waals surface area contributed by atoms with Crippen LogP contribution in [0.4, 0.5) is 0 Å². The lowest BCUT2D eigenvalue weighted by Crippen LogP contribution is -2.17. The summed E-state index contributed by atoms with van der Waals surface area (Å²) >= 11 is 0. The molecule has 2 heteroatoms. The summed E-state index contributed by atoms with van der Waals surface area (Å²) in [4.78, 5) is 12.5. The average Bonchev–Trinajstić information content (AvgIpc) is 2.53. The fourth-order valence-corrected chi connectivity index (χ4v) is 2.29. The van der Waals surface area contributed by atoms with Gasteiger partial charge < -0.3 is 4.74 Å². The van der Waals surface area contributed by atoms with Crippen molar-refractivity contribution in [3.05, 3.63) is 65.7 Å². The number of hydrogen-bond donors (Lipinski definition) is 0. The molecule has 2 atom stereocenters. The molecule has 2 rings (SSSR count). The topological polar surface area (TPSA) is 26.3 Å². The van der Waals surface area contributed by atoms with Gasteiger partial charge in [-0.05, 0) is 35.7 Å². The lowest BCUT2D eigenvalue weighted by molar-refractivity contribution is 0.0915. The van der Waals surface area contributed by atoms with E-state index in [1.54, 1.807) is 7.11 Å². The van der Waals surface area contributed by atoms with Crippen LogP contribution in [0, 0.1) is 5.92 Å². The Hall–Kier alpha value is -2.09.